The van der Waals surface area contributed by atoms with Gasteiger partial charge in [-0.05, 0) is 76.3 Å². The molecule has 1 spiro atoms. The van der Waals surface area contributed by atoms with Gasteiger partial charge in [0.15, 0.2) is 0 Å². The number of hydrogen-bond donors (Lipinski definition) is 0. The van der Waals surface area contributed by atoms with Crippen molar-refractivity contribution in [2.24, 2.45) is 11.3 Å². The van der Waals surface area contributed by atoms with Gasteiger partial charge in [0, 0.05) is 19.6 Å². The maximum absolute atomic E-state index is 12.5. The van der Waals surface area contributed by atoms with Crippen LogP contribution in [0.15, 0.2) is 24.3 Å². The Labute approximate surface area is 178 Å². The minimum absolute atomic E-state index is 0.178. The number of amides is 3. The van der Waals surface area contributed by atoms with Gasteiger partial charge in [0.1, 0.15) is 5.60 Å². The lowest BCUT2D eigenvalue weighted by Gasteiger charge is -2.39. The zero-order valence-corrected chi connectivity index (χ0v) is 18.3. The summed E-state index contributed by atoms with van der Waals surface area (Å²) in [6.07, 6.45) is 6.09. The molecule has 6 heteroatoms. The molecule has 1 unspecified atom stereocenters. The topological polar surface area (TPSA) is 66.9 Å². The molecule has 162 valence electrons. The van der Waals surface area contributed by atoms with E-state index in [9.17, 15) is 14.4 Å². The van der Waals surface area contributed by atoms with Crippen LogP contribution in [0.1, 0.15) is 80.0 Å². The summed E-state index contributed by atoms with van der Waals surface area (Å²) in [5.41, 5.74) is 0.946. The Kier molecular flexibility index (Phi) is 5.37. The van der Waals surface area contributed by atoms with E-state index >= 15 is 0 Å². The van der Waals surface area contributed by atoms with Crippen LogP contribution in [0.25, 0.3) is 0 Å². The standard InChI is InChI=1S/C24H32N2O4/c1-23(2,3)30-22(29)25-15-13-24(11-12-24)17(16-25)8-6-7-14-26-20(27)18-9-4-5-10-19(18)21(26)28/h4-5,9-10,17H,6-8,11-16H2,1-3H3. The summed E-state index contributed by atoms with van der Waals surface area (Å²) in [5.74, 6) is 0.118. The van der Waals surface area contributed by atoms with Crippen molar-refractivity contribution >= 4 is 17.9 Å². The van der Waals surface area contributed by atoms with Gasteiger partial charge in [0.2, 0.25) is 0 Å². The summed E-state index contributed by atoms with van der Waals surface area (Å²) in [6, 6.07) is 7.03. The largest absolute Gasteiger partial charge is 0.444 e. The zero-order chi connectivity index (χ0) is 21.5. The number of fused-ring (bicyclic) bond motifs is 1. The van der Waals surface area contributed by atoms with E-state index in [0.29, 0.717) is 29.0 Å². The van der Waals surface area contributed by atoms with Gasteiger partial charge in [-0.25, -0.2) is 4.79 Å². The number of ether oxygens (including phenoxy) is 1. The molecule has 3 amide bonds. The molecule has 1 saturated heterocycles. The molecule has 30 heavy (non-hydrogen) atoms. The predicted octanol–water partition coefficient (Wildman–Crippen LogP) is 4.49. The first-order valence-corrected chi connectivity index (χ1v) is 11.1. The highest BCUT2D eigenvalue weighted by Gasteiger charge is 2.52. The van der Waals surface area contributed by atoms with E-state index in [4.69, 9.17) is 4.74 Å². The van der Waals surface area contributed by atoms with E-state index in [1.54, 1.807) is 24.3 Å². The SMILES string of the molecule is CC(C)(C)OC(=O)N1CCC2(CC2)C(CCCCN2C(=O)c3ccccc3C2=O)C1. The number of imide groups is 1. The lowest BCUT2D eigenvalue weighted by Crippen LogP contribution is -2.46. The van der Waals surface area contributed by atoms with Gasteiger partial charge in [0.25, 0.3) is 11.8 Å². The Bertz CT molecular complexity index is 818. The Morgan fingerprint density at radius 1 is 1.07 bits per heavy atom. The van der Waals surface area contributed by atoms with Crippen molar-refractivity contribution in [3.8, 4) is 0 Å². The van der Waals surface area contributed by atoms with Crippen molar-refractivity contribution in [1.29, 1.82) is 0 Å². The maximum atomic E-state index is 12.5. The number of carbonyl (C=O) groups excluding carboxylic acids is 3. The number of piperidine rings is 1. The smallest absolute Gasteiger partial charge is 0.410 e. The number of hydrogen-bond acceptors (Lipinski definition) is 4. The summed E-state index contributed by atoms with van der Waals surface area (Å²) in [5, 5.41) is 0. The number of benzene rings is 1. The van der Waals surface area contributed by atoms with E-state index < -0.39 is 5.60 Å². The van der Waals surface area contributed by atoms with Crippen LogP contribution in [0.5, 0.6) is 0 Å². The van der Waals surface area contributed by atoms with Crippen LogP contribution in [0, 0.1) is 11.3 Å². The first-order valence-electron chi connectivity index (χ1n) is 11.1. The molecule has 0 bridgehead atoms. The molecule has 1 aromatic rings. The van der Waals surface area contributed by atoms with Gasteiger partial charge in [-0.3, -0.25) is 14.5 Å². The van der Waals surface area contributed by atoms with Crippen molar-refractivity contribution in [1.82, 2.24) is 9.80 Å². The number of likely N-dealkylation sites (tertiary alicyclic amines) is 1. The molecule has 1 saturated carbocycles. The van der Waals surface area contributed by atoms with Crippen LogP contribution in [0.2, 0.25) is 0 Å². The van der Waals surface area contributed by atoms with Crippen molar-refractivity contribution in [2.45, 2.75) is 64.9 Å². The average molecular weight is 413 g/mol. The molecule has 0 aromatic heterocycles. The normalized spacial score (nSPS) is 22.4. The molecular formula is C24H32N2O4. The minimum Gasteiger partial charge on any atom is -0.444 e. The third kappa shape index (κ3) is 4.09. The second-order valence-corrected chi connectivity index (χ2v) is 10.0. The third-order valence-corrected chi connectivity index (χ3v) is 6.79. The number of unbranched alkanes of at least 4 members (excludes halogenated alkanes) is 1. The van der Waals surface area contributed by atoms with Crippen molar-refractivity contribution < 1.29 is 19.1 Å². The molecule has 0 radical (unpaired) electrons. The molecule has 1 aliphatic carbocycles. The Morgan fingerprint density at radius 2 is 1.70 bits per heavy atom. The highest BCUT2D eigenvalue weighted by Crippen LogP contribution is 2.58. The summed E-state index contributed by atoms with van der Waals surface area (Å²) in [7, 11) is 0. The van der Waals surface area contributed by atoms with E-state index in [1.807, 2.05) is 25.7 Å². The van der Waals surface area contributed by atoms with Crippen LogP contribution in [-0.2, 0) is 4.74 Å². The van der Waals surface area contributed by atoms with E-state index in [0.717, 1.165) is 38.8 Å². The number of carbonyl (C=O) groups is 3. The van der Waals surface area contributed by atoms with E-state index in [-0.39, 0.29) is 17.9 Å². The van der Waals surface area contributed by atoms with Gasteiger partial charge in [-0.1, -0.05) is 18.6 Å². The first kappa shape index (κ1) is 20.9. The minimum atomic E-state index is -0.478. The fourth-order valence-electron chi connectivity index (χ4n) is 4.92. The maximum Gasteiger partial charge on any atom is 0.410 e. The quantitative estimate of drug-likeness (QED) is 0.528. The lowest BCUT2D eigenvalue weighted by molar-refractivity contribution is 0.00640. The fraction of sp³-hybridized carbons (Fsp3) is 0.625. The average Bonchev–Trinajstić information content (AvgIpc) is 3.42. The number of rotatable bonds is 5. The summed E-state index contributed by atoms with van der Waals surface area (Å²) >= 11 is 0. The predicted molar refractivity (Wildman–Crippen MR) is 113 cm³/mol. The van der Waals surface area contributed by atoms with Gasteiger partial charge < -0.3 is 9.64 Å². The molecule has 0 N–H and O–H groups in total. The van der Waals surface area contributed by atoms with E-state index in [2.05, 4.69) is 0 Å². The van der Waals surface area contributed by atoms with Crippen LogP contribution in [0.3, 0.4) is 0 Å². The van der Waals surface area contributed by atoms with Crippen molar-refractivity contribution in [3.05, 3.63) is 35.4 Å². The van der Waals surface area contributed by atoms with Crippen LogP contribution in [-0.4, -0.2) is 52.9 Å². The highest BCUT2D eigenvalue weighted by atomic mass is 16.6. The molecule has 2 heterocycles. The zero-order valence-electron chi connectivity index (χ0n) is 18.3. The van der Waals surface area contributed by atoms with Gasteiger partial charge >= 0.3 is 6.09 Å². The summed E-state index contributed by atoms with van der Waals surface area (Å²) in [6.45, 7) is 7.68. The lowest BCUT2D eigenvalue weighted by atomic mass is 9.79. The van der Waals surface area contributed by atoms with Gasteiger partial charge in [-0.15, -0.1) is 0 Å². The van der Waals surface area contributed by atoms with Crippen LogP contribution < -0.4 is 0 Å². The third-order valence-electron chi connectivity index (χ3n) is 6.79. The molecule has 1 aromatic carbocycles. The van der Waals surface area contributed by atoms with Gasteiger partial charge in [0.05, 0.1) is 11.1 Å². The van der Waals surface area contributed by atoms with Crippen molar-refractivity contribution in [2.75, 3.05) is 19.6 Å². The molecule has 3 aliphatic rings. The first-order chi connectivity index (χ1) is 14.2. The Hall–Kier alpha value is -2.37. The summed E-state index contributed by atoms with van der Waals surface area (Å²) < 4.78 is 5.57. The highest BCUT2D eigenvalue weighted by molar-refractivity contribution is 6.21. The van der Waals surface area contributed by atoms with Crippen LogP contribution in [0.4, 0.5) is 4.79 Å². The molecule has 6 nitrogen and oxygen atoms in total. The summed E-state index contributed by atoms with van der Waals surface area (Å²) in [4.78, 5) is 40.7. The molecule has 1 atom stereocenters. The monoisotopic (exact) mass is 412 g/mol. The van der Waals surface area contributed by atoms with E-state index in [1.165, 1.54) is 17.7 Å². The molecular weight excluding hydrogens is 380 g/mol. The van der Waals surface area contributed by atoms with Gasteiger partial charge in [-0.2, -0.15) is 0 Å². The molecule has 2 aliphatic heterocycles. The second kappa shape index (κ2) is 7.71. The molecule has 2 fully saturated rings. The van der Waals surface area contributed by atoms with Crippen molar-refractivity contribution in [3.63, 3.8) is 0 Å². The fourth-order valence-corrected chi connectivity index (χ4v) is 4.92. The molecule has 4 rings (SSSR count). The Balaban J connectivity index is 1.29. The Morgan fingerprint density at radius 3 is 2.27 bits per heavy atom. The second-order valence-electron chi connectivity index (χ2n) is 10.0. The number of nitrogens with zero attached hydrogens (tertiary/aromatic N) is 2. The van der Waals surface area contributed by atoms with Crippen LogP contribution >= 0.6 is 0 Å².